The van der Waals surface area contributed by atoms with E-state index in [1.54, 1.807) is 0 Å². The predicted molar refractivity (Wildman–Crippen MR) is 48.5 cm³/mol. The van der Waals surface area contributed by atoms with Gasteiger partial charge in [0.25, 0.3) is 0 Å². The molecule has 66 valence electrons. The smallest absolute Gasteiger partial charge is 0.00927 e. The van der Waals surface area contributed by atoms with Crippen LogP contribution < -0.4 is 5.73 Å². The lowest BCUT2D eigenvalue weighted by Gasteiger charge is -2.36. The molecule has 0 aromatic heterocycles. The minimum atomic E-state index is 0.788. The molecule has 0 bridgehead atoms. The normalized spacial score (nSPS) is 34.1. The third-order valence-electron chi connectivity index (χ3n) is 2.92. The fraction of sp³-hybridized carbons (Fsp3) is 1.00. The first-order chi connectivity index (χ1) is 5.27. The summed E-state index contributed by atoms with van der Waals surface area (Å²) in [6, 6.07) is 0.789. The summed E-state index contributed by atoms with van der Waals surface area (Å²) in [6.45, 7) is 4.38. The predicted octanol–water partition coefficient (Wildman–Crippen LogP) is 1.07. The number of likely N-dealkylation sites (tertiary alicyclic amines) is 1. The standard InChI is InChI=1S/C9H20N2/c1-3-9-6-8(7-10)4-5-11(9)2/h8-9H,3-7,10H2,1-2H3. The van der Waals surface area contributed by atoms with E-state index in [0.29, 0.717) is 0 Å². The maximum atomic E-state index is 5.65. The highest BCUT2D eigenvalue weighted by atomic mass is 15.1. The third-order valence-corrected chi connectivity index (χ3v) is 2.92. The highest BCUT2D eigenvalue weighted by Gasteiger charge is 2.23. The van der Waals surface area contributed by atoms with E-state index < -0.39 is 0 Å². The van der Waals surface area contributed by atoms with Crippen LogP contribution in [0.2, 0.25) is 0 Å². The Morgan fingerprint density at radius 2 is 2.27 bits per heavy atom. The molecule has 1 rings (SSSR count). The van der Waals surface area contributed by atoms with Crippen molar-refractivity contribution in [3.05, 3.63) is 0 Å². The lowest BCUT2D eigenvalue weighted by molar-refractivity contribution is 0.141. The molecule has 1 saturated heterocycles. The second-order valence-corrected chi connectivity index (χ2v) is 3.67. The molecule has 0 spiro atoms. The van der Waals surface area contributed by atoms with Crippen molar-refractivity contribution in [3.8, 4) is 0 Å². The quantitative estimate of drug-likeness (QED) is 0.648. The summed E-state index contributed by atoms with van der Waals surface area (Å²) in [4.78, 5) is 2.46. The number of nitrogens with two attached hydrogens (primary N) is 1. The van der Waals surface area contributed by atoms with Gasteiger partial charge in [-0.05, 0) is 45.3 Å². The highest BCUT2D eigenvalue weighted by Crippen LogP contribution is 2.22. The highest BCUT2D eigenvalue weighted by molar-refractivity contribution is 4.78. The molecule has 1 aliphatic rings. The van der Waals surface area contributed by atoms with E-state index in [2.05, 4.69) is 18.9 Å². The van der Waals surface area contributed by atoms with E-state index >= 15 is 0 Å². The molecule has 11 heavy (non-hydrogen) atoms. The number of nitrogens with zero attached hydrogens (tertiary/aromatic N) is 1. The minimum absolute atomic E-state index is 0.788. The molecule has 2 heteroatoms. The summed E-state index contributed by atoms with van der Waals surface area (Å²) in [5.41, 5.74) is 5.65. The van der Waals surface area contributed by atoms with Gasteiger partial charge in [0.2, 0.25) is 0 Å². The zero-order valence-electron chi connectivity index (χ0n) is 7.71. The van der Waals surface area contributed by atoms with Crippen molar-refractivity contribution in [3.63, 3.8) is 0 Å². The van der Waals surface area contributed by atoms with Gasteiger partial charge in [-0.25, -0.2) is 0 Å². The summed E-state index contributed by atoms with van der Waals surface area (Å²) >= 11 is 0. The monoisotopic (exact) mass is 156 g/mol. The van der Waals surface area contributed by atoms with Crippen molar-refractivity contribution >= 4 is 0 Å². The van der Waals surface area contributed by atoms with Gasteiger partial charge in [0, 0.05) is 6.04 Å². The van der Waals surface area contributed by atoms with Crippen LogP contribution in [0.25, 0.3) is 0 Å². The molecule has 0 saturated carbocycles. The second kappa shape index (κ2) is 4.07. The molecule has 2 unspecified atom stereocenters. The Kier molecular flexibility index (Phi) is 3.34. The Morgan fingerprint density at radius 1 is 1.55 bits per heavy atom. The van der Waals surface area contributed by atoms with Crippen LogP contribution in [-0.2, 0) is 0 Å². The van der Waals surface area contributed by atoms with Crippen molar-refractivity contribution < 1.29 is 0 Å². The Labute approximate surface area is 69.8 Å². The van der Waals surface area contributed by atoms with Gasteiger partial charge in [-0.15, -0.1) is 0 Å². The van der Waals surface area contributed by atoms with Crippen LogP contribution in [0.1, 0.15) is 26.2 Å². The molecule has 0 aliphatic carbocycles. The van der Waals surface area contributed by atoms with Crippen LogP contribution in [0.5, 0.6) is 0 Å². The van der Waals surface area contributed by atoms with Crippen LogP contribution in [0.3, 0.4) is 0 Å². The zero-order valence-corrected chi connectivity index (χ0v) is 7.71. The van der Waals surface area contributed by atoms with Crippen molar-refractivity contribution in [2.75, 3.05) is 20.1 Å². The number of hydrogen-bond acceptors (Lipinski definition) is 2. The van der Waals surface area contributed by atoms with Gasteiger partial charge in [0.1, 0.15) is 0 Å². The Morgan fingerprint density at radius 3 is 2.82 bits per heavy atom. The van der Waals surface area contributed by atoms with E-state index in [9.17, 15) is 0 Å². The van der Waals surface area contributed by atoms with Crippen LogP contribution in [0, 0.1) is 5.92 Å². The zero-order chi connectivity index (χ0) is 8.27. The third kappa shape index (κ3) is 2.17. The maximum Gasteiger partial charge on any atom is 0.00927 e. The molecule has 1 aliphatic heterocycles. The van der Waals surface area contributed by atoms with E-state index in [4.69, 9.17) is 5.73 Å². The maximum absolute atomic E-state index is 5.65. The average molecular weight is 156 g/mol. The fourth-order valence-corrected chi connectivity index (χ4v) is 1.94. The molecule has 0 amide bonds. The van der Waals surface area contributed by atoms with E-state index in [0.717, 1.165) is 18.5 Å². The molecule has 2 nitrogen and oxygen atoms in total. The minimum Gasteiger partial charge on any atom is -0.330 e. The average Bonchev–Trinajstić information content (AvgIpc) is 2.05. The molecule has 1 heterocycles. The SMILES string of the molecule is CCC1CC(CN)CCN1C. The van der Waals surface area contributed by atoms with E-state index in [-0.39, 0.29) is 0 Å². The first kappa shape index (κ1) is 9.01. The van der Waals surface area contributed by atoms with Gasteiger partial charge < -0.3 is 10.6 Å². The van der Waals surface area contributed by atoms with Crippen molar-refractivity contribution in [2.24, 2.45) is 11.7 Å². The Bertz CT molecular complexity index is 114. The first-order valence-corrected chi connectivity index (χ1v) is 4.68. The van der Waals surface area contributed by atoms with E-state index in [1.165, 1.54) is 25.8 Å². The lowest BCUT2D eigenvalue weighted by atomic mass is 9.90. The molecular formula is C9H20N2. The number of hydrogen-bond donors (Lipinski definition) is 1. The lowest BCUT2D eigenvalue weighted by Crippen LogP contribution is -2.41. The summed E-state index contributed by atoms with van der Waals surface area (Å²) in [5.74, 6) is 0.788. The van der Waals surface area contributed by atoms with Gasteiger partial charge >= 0.3 is 0 Å². The van der Waals surface area contributed by atoms with E-state index in [1.807, 2.05) is 0 Å². The van der Waals surface area contributed by atoms with Gasteiger partial charge in [-0.1, -0.05) is 6.92 Å². The summed E-state index contributed by atoms with van der Waals surface area (Å²) < 4.78 is 0. The molecule has 2 atom stereocenters. The van der Waals surface area contributed by atoms with Crippen LogP contribution in [0.4, 0.5) is 0 Å². The molecule has 1 fully saturated rings. The summed E-state index contributed by atoms with van der Waals surface area (Å²) in [6.07, 6.45) is 3.88. The van der Waals surface area contributed by atoms with Crippen molar-refractivity contribution in [2.45, 2.75) is 32.2 Å². The summed E-state index contributed by atoms with van der Waals surface area (Å²) in [7, 11) is 2.22. The molecule has 0 aromatic carbocycles. The van der Waals surface area contributed by atoms with Crippen LogP contribution in [-0.4, -0.2) is 31.1 Å². The largest absolute Gasteiger partial charge is 0.330 e. The van der Waals surface area contributed by atoms with Gasteiger partial charge in [0.05, 0.1) is 0 Å². The van der Waals surface area contributed by atoms with Crippen molar-refractivity contribution in [1.29, 1.82) is 0 Å². The fourth-order valence-electron chi connectivity index (χ4n) is 1.94. The second-order valence-electron chi connectivity index (χ2n) is 3.67. The summed E-state index contributed by atoms with van der Waals surface area (Å²) in [5, 5.41) is 0. The number of piperidine rings is 1. The van der Waals surface area contributed by atoms with Gasteiger partial charge in [-0.2, -0.15) is 0 Å². The number of rotatable bonds is 2. The molecule has 2 N–H and O–H groups in total. The molecular weight excluding hydrogens is 136 g/mol. The van der Waals surface area contributed by atoms with Crippen LogP contribution >= 0.6 is 0 Å². The Balaban J connectivity index is 2.37. The topological polar surface area (TPSA) is 29.3 Å². The van der Waals surface area contributed by atoms with Gasteiger partial charge in [0.15, 0.2) is 0 Å². The molecule has 0 radical (unpaired) electrons. The Hall–Kier alpha value is -0.0800. The first-order valence-electron chi connectivity index (χ1n) is 4.68. The van der Waals surface area contributed by atoms with Crippen LogP contribution in [0.15, 0.2) is 0 Å². The van der Waals surface area contributed by atoms with Gasteiger partial charge in [-0.3, -0.25) is 0 Å². The molecule has 0 aromatic rings. The van der Waals surface area contributed by atoms with Crippen molar-refractivity contribution in [1.82, 2.24) is 4.90 Å².